The monoisotopic (exact) mass is 264 g/mol. The maximum Gasteiger partial charge on any atom is 0.118 e. The highest BCUT2D eigenvalue weighted by molar-refractivity contribution is 5.29. The van der Waals surface area contributed by atoms with Crippen molar-refractivity contribution >= 4 is 0 Å². The van der Waals surface area contributed by atoms with Gasteiger partial charge in [0.1, 0.15) is 5.75 Å². The molecule has 1 atom stereocenters. The lowest BCUT2D eigenvalue weighted by atomic mass is 9.95. The number of methoxy groups -OCH3 is 1. The molecule has 0 aliphatic carbocycles. The molecule has 1 heterocycles. The minimum absolute atomic E-state index is 0.269. The van der Waals surface area contributed by atoms with Crippen LogP contribution in [-0.2, 0) is 0 Å². The molecule has 0 bridgehead atoms. The molecule has 1 aromatic rings. The average molecular weight is 264 g/mol. The molecule has 1 aromatic carbocycles. The van der Waals surface area contributed by atoms with Crippen LogP contribution in [-0.4, -0.2) is 43.4 Å². The van der Waals surface area contributed by atoms with E-state index in [4.69, 9.17) is 10.5 Å². The van der Waals surface area contributed by atoms with Gasteiger partial charge in [0.2, 0.25) is 0 Å². The first kappa shape index (κ1) is 14.3. The number of likely N-dealkylation sites (tertiary alicyclic amines) is 1. The van der Waals surface area contributed by atoms with E-state index in [9.17, 15) is 5.11 Å². The van der Waals surface area contributed by atoms with Crippen LogP contribution in [0.3, 0.4) is 0 Å². The molecule has 1 fully saturated rings. The van der Waals surface area contributed by atoms with E-state index in [0.717, 1.165) is 31.7 Å². The van der Waals surface area contributed by atoms with Gasteiger partial charge >= 0.3 is 0 Å². The van der Waals surface area contributed by atoms with Gasteiger partial charge in [0.05, 0.1) is 7.11 Å². The summed E-state index contributed by atoms with van der Waals surface area (Å²) in [5, 5.41) is 9.19. The molecule has 2 rings (SSSR count). The number of ether oxygens (including phenoxy) is 1. The van der Waals surface area contributed by atoms with Gasteiger partial charge in [0.25, 0.3) is 0 Å². The maximum absolute atomic E-state index is 9.19. The van der Waals surface area contributed by atoms with Crippen molar-refractivity contribution in [3.8, 4) is 5.75 Å². The summed E-state index contributed by atoms with van der Waals surface area (Å²) in [6.45, 7) is 2.96. The van der Waals surface area contributed by atoms with E-state index >= 15 is 0 Å². The molecular weight excluding hydrogens is 240 g/mol. The number of nitrogens with zero attached hydrogens (tertiary/aromatic N) is 1. The van der Waals surface area contributed by atoms with Gasteiger partial charge in [0, 0.05) is 19.2 Å². The zero-order valence-electron chi connectivity index (χ0n) is 11.6. The molecule has 4 nitrogen and oxygen atoms in total. The standard InChI is InChI=1S/C15H24N2O2/c1-19-14-4-2-13(3-5-14)15(10-16)17-8-6-12(11-18)7-9-17/h2-5,12,15,18H,6-11,16H2,1H3. The summed E-state index contributed by atoms with van der Waals surface area (Å²) in [5.41, 5.74) is 7.19. The first-order valence-corrected chi connectivity index (χ1v) is 6.97. The van der Waals surface area contributed by atoms with Crippen molar-refractivity contribution in [2.24, 2.45) is 11.7 Å². The first-order chi connectivity index (χ1) is 9.28. The molecule has 1 aliphatic rings. The van der Waals surface area contributed by atoms with Crippen LogP contribution in [0.4, 0.5) is 0 Å². The molecule has 0 amide bonds. The van der Waals surface area contributed by atoms with E-state index in [0.29, 0.717) is 19.1 Å². The van der Waals surface area contributed by atoms with Crippen LogP contribution in [0.5, 0.6) is 5.75 Å². The van der Waals surface area contributed by atoms with Crippen LogP contribution >= 0.6 is 0 Å². The molecule has 0 aromatic heterocycles. The smallest absolute Gasteiger partial charge is 0.118 e. The van der Waals surface area contributed by atoms with Crippen molar-refractivity contribution in [2.45, 2.75) is 18.9 Å². The van der Waals surface area contributed by atoms with Gasteiger partial charge in [-0.2, -0.15) is 0 Å². The number of hydrogen-bond acceptors (Lipinski definition) is 4. The Bertz CT molecular complexity index is 372. The summed E-state index contributed by atoms with van der Waals surface area (Å²) >= 11 is 0. The second kappa shape index (κ2) is 6.89. The summed E-state index contributed by atoms with van der Waals surface area (Å²) in [6.07, 6.45) is 2.12. The lowest BCUT2D eigenvalue weighted by Crippen LogP contribution is -2.40. The Morgan fingerprint density at radius 1 is 1.32 bits per heavy atom. The number of benzene rings is 1. The van der Waals surface area contributed by atoms with Crippen LogP contribution in [0.2, 0.25) is 0 Å². The van der Waals surface area contributed by atoms with Crippen molar-refractivity contribution in [1.82, 2.24) is 4.90 Å². The van der Waals surface area contributed by atoms with Crippen molar-refractivity contribution in [2.75, 3.05) is 33.4 Å². The lowest BCUT2D eigenvalue weighted by molar-refractivity contribution is 0.102. The Balaban J connectivity index is 2.03. The molecule has 1 saturated heterocycles. The van der Waals surface area contributed by atoms with E-state index in [1.54, 1.807) is 7.11 Å². The first-order valence-electron chi connectivity index (χ1n) is 6.97. The zero-order chi connectivity index (χ0) is 13.7. The summed E-state index contributed by atoms with van der Waals surface area (Å²) in [5.74, 6) is 1.34. The largest absolute Gasteiger partial charge is 0.497 e. The third-order valence-corrected chi connectivity index (χ3v) is 4.07. The van der Waals surface area contributed by atoms with Gasteiger partial charge in [-0.15, -0.1) is 0 Å². The third kappa shape index (κ3) is 3.47. The minimum atomic E-state index is 0.269. The van der Waals surface area contributed by atoms with Crippen molar-refractivity contribution in [3.63, 3.8) is 0 Å². The highest BCUT2D eigenvalue weighted by atomic mass is 16.5. The summed E-state index contributed by atoms with van der Waals surface area (Å²) in [4.78, 5) is 2.42. The van der Waals surface area contributed by atoms with E-state index < -0.39 is 0 Å². The predicted molar refractivity (Wildman–Crippen MR) is 76.2 cm³/mol. The molecule has 106 valence electrons. The lowest BCUT2D eigenvalue weighted by Gasteiger charge is -2.37. The van der Waals surface area contributed by atoms with Crippen molar-refractivity contribution in [1.29, 1.82) is 0 Å². The summed E-state index contributed by atoms with van der Waals surface area (Å²) in [7, 11) is 1.68. The summed E-state index contributed by atoms with van der Waals surface area (Å²) < 4.78 is 5.18. The van der Waals surface area contributed by atoms with Crippen LogP contribution in [0, 0.1) is 5.92 Å². The fourth-order valence-corrected chi connectivity index (χ4v) is 2.77. The van der Waals surface area contributed by atoms with Crippen LogP contribution in [0.25, 0.3) is 0 Å². The highest BCUT2D eigenvalue weighted by Crippen LogP contribution is 2.27. The number of piperidine rings is 1. The zero-order valence-corrected chi connectivity index (χ0v) is 11.6. The number of hydrogen-bond donors (Lipinski definition) is 2. The average Bonchev–Trinajstić information content (AvgIpc) is 2.49. The molecule has 4 heteroatoms. The Morgan fingerprint density at radius 3 is 2.42 bits per heavy atom. The number of rotatable bonds is 5. The second-order valence-electron chi connectivity index (χ2n) is 5.19. The molecular formula is C15H24N2O2. The SMILES string of the molecule is COc1ccc(C(CN)N2CCC(CO)CC2)cc1. The number of aliphatic hydroxyl groups is 1. The Labute approximate surface area is 115 Å². The fourth-order valence-electron chi connectivity index (χ4n) is 2.77. The molecule has 19 heavy (non-hydrogen) atoms. The van der Waals surface area contributed by atoms with Gasteiger partial charge < -0.3 is 15.6 Å². The predicted octanol–water partition coefficient (Wildman–Crippen LogP) is 1.40. The normalized spacial score (nSPS) is 19.3. The molecule has 0 spiro atoms. The van der Waals surface area contributed by atoms with Crippen LogP contribution < -0.4 is 10.5 Å². The molecule has 3 N–H and O–H groups in total. The van der Waals surface area contributed by atoms with Gasteiger partial charge in [-0.05, 0) is 49.5 Å². The topological polar surface area (TPSA) is 58.7 Å². The van der Waals surface area contributed by atoms with Crippen LogP contribution in [0.15, 0.2) is 24.3 Å². The Hall–Kier alpha value is -1.10. The minimum Gasteiger partial charge on any atom is -0.497 e. The van der Waals surface area contributed by atoms with Gasteiger partial charge in [-0.1, -0.05) is 12.1 Å². The molecule has 1 unspecified atom stereocenters. The van der Waals surface area contributed by atoms with Gasteiger partial charge in [-0.3, -0.25) is 4.90 Å². The second-order valence-corrected chi connectivity index (χ2v) is 5.19. The van der Waals surface area contributed by atoms with Gasteiger partial charge in [0.15, 0.2) is 0 Å². The summed E-state index contributed by atoms with van der Waals surface area (Å²) in [6, 6.07) is 8.42. The Morgan fingerprint density at radius 2 is 1.95 bits per heavy atom. The van der Waals surface area contributed by atoms with Crippen molar-refractivity contribution in [3.05, 3.63) is 29.8 Å². The van der Waals surface area contributed by atoms with Crippen molar-refractivity contribution < 1.29 is 9.84 Å². The molecule has 1 aliphatic heterocycles. The molecule has 0 saturated carbocycles. The fraction of sp³-hybridized carbons (Fsp3) is 0.600. The van der Waals surface area contributed by atoms with E-state index in [2.05, 4.69) is 17.0 Å². The maximum atomic E-state index is 9.19. The number of nitrogens with two attached hydrogens (primary N) is 1. The van der Waals surface area contributed by atoms with Gasteiger partial charge in [-0.25, -0.2) is 0 Å². The quantitative estimate of drug-likeness (QED) is 0.844. The molecule has 0 radical (unpaired) electrons. The van der Waals surface area contributed by atoms with E-state index in [1.807, 2.05) is 12.1 Å². The van der Waals surface area contributed by atoms with E-state index in [1.165, 1.54) is 5.56 Å². The Kier molecular flexibility index (Phi) is 5.19. The number of aliphatic hydroxyl groups excluding tert-OH is 1. The van der Waals surface area contributed by atoms with Crippen LogP contribution in [0.1, 0.15) is 24.4 Å². The highest BCUT2D eigenvalue weighted by Gasteiger charge is 2.24. The third-order valence-electron chi connectivity index (χ3n) is 4.07. The van der Waals surface area contributed by atoms with E-state index in [-0.39, 0.29) is 6.04 Å².